The Kier molecular flexibility index (Phi) is 1.91. The largest absolute Gasteiger partial charge is 0.355 e. The van der Waals surface area contributed by atoms with Gasteiger partial charge in [0, 0.05) is 37.7 Å². The van der Waals surface area contributed by atoms with Gasteiger partial charge in [-0.05, 0) is 6.92 Å². The van der Waals surface area contributed by atoms with E-state index in [1.54, 1.807) is 0 Å². The third-order valence-corrected chi connectivity index (χ3v) is 3.36. The Morgan fingerprint density at radius 3 is 2.67 bits per heavy atom. The highest BCUT2D eigenvalue weighted by molar-refractivity contribution is 6.29. The molecule has 1 N–H and O–H groups in total. The molecule has 2 aliphatic rings. The standard InChI is InChI=1S/C10H13ClN4/c1-7-13-8(11)2-9(14-7)15-5-10(6-15)3-12-4-10/h2,12H,3-6H2,1H3. The van der Waals surface area contributed by atoms with Crippen LogP contribution in [0, 0.1) is 12.3 Å². The van der Waals surface area contributed by atoms with Crippen molar-refractivity contribution >= 4 is 17.4 Å². The van der Waals surface area contributed by atoms with Gasteiger partial charge in [0.05, 0.1) is 0 Å². The zero-order valence-electron chi connectivity index (χ0n) is 8.63. The van der Waals surface area contributed by atoms with Crippen LogP contribution in [-0.2, 0) is 0 Å². The van der Waals surface area contributed by atoms with Crippen molar-refractivity contribution in [3.8, 4) is 0 Å². The lowest BCUT2D eigenvalue weighted by Crippen LogP contribution is -2.71. The van der Waals surface area contributed by atoms with Crippen molar-refractivity contribution in [3.05, 3.63) is 17.0 Å². The van der Waals surface area contributed by atoms with Crippen LogP contribution in [0.3, 0.4) is 0 Å². The van der Waals surface area contributed by atoms with E-state index in [0.29, 0.717) is 10.6 Å². The Bertz CT molecular complexity index is 374. The minimum atomic E-state index is 0.519. The first-order chi connectivity index (χ1) is 7.17. The molecule has 5 heteroatoms. The Morgan fingerprint density at radius 1 is 1.40 bits per heavy atom. The average Bonchev–Trinajstić information content (AvgIpc) is 1.95. The summed E-state index contributed by atoms with van der Waals surface area (Å²) in [6, 6.07) is 1.84. The molecule has 2 saturated heterocycles. The van der Waals surface area contributed by atoms with E-state index in [1.165, 1.54) is 0 Å². The molecule has 0 radical (unpaired) electrons. The van der Waals surface area contributed by atoms with Gasteiger partial charge < -0.3 is 10.2 Å². The van der Waals surface area contributed by atoms with Crippen LogP contribution in [0.25, 0.3) is 0 Å². The molecule has 1 aromatic heterocycles. The second-order valence-corrected chi connectivity index (χ2v) is 4.94. The molecule has 4 nitrogen and oxygen atoms in total. The van der Waals surface area contributed by atoms with E-state index >= 15 is 0 Å². The van der Waals surface area contributed by atoms with Crippen LogP contribution >= 0.6 is 11.6 Å². The predicted molar refractivity (Wildman–Crippen MR) is 59.3 cm³/mol. The van der Waals surface area contributed by atoms with Crippen LogP contribution in [0.15, 0.2) is 6.07 Å². The summed E-state index contributed by atoms with van der Waals surface area (Å²) >= 11 is 5.90. The number of aromatic nitrogens is 2. The van der Waals surface area contributed by atoms with Gasteiger partial charge in [-0.25, -0.2) is 9.97 Å². The fourth-order valence-corrected chi connectivity index (χ4v) is 2.53. The second kappa shape index (κ2) is 3.06. The number of rotatable bonds is 1. The molecule has 80 valence electrons. The van der Waals surface area contributed by atoms with Crippen molar-refractivity contribution in [1.82, 2.24) is 15.3 Å². The van der Waals surface area contributed by atoms with E-state index < -0.39 is 0 Å². The van der Waals surface area contributed by atoms with Gasteiger partial charge in [0.25, 0.3) is 0 Å². The molecule has 2 fully saturated rings. The van der Waals surface area contributed by atoms with E-state index in [2.05, 4.69) is 20.2 Å². The molecule has 1 spiro atoms. The van der Waals surface area contributed by atoms with Crippen LogP contribution in [0.4, 0.5) is 5.82 Å². The van der Waals surface area contributed by atoms with Gasteiger partial charge in [-0.2, -0.15) is 0 Å². The maximum atomic E-state index is 5.90. The summed E-state index contributed by atoms with van der Waals surface area (Å²) in [6.07, 6.45) is 0. The van der Waals surface area contributed by atoms with E-state index in [-0.39, 0.29) is 0 Å². The molecule has 3 heterocycles. The topological polar surface area (TPSA) is 41.1 Å². The SMILES string of the molecule is Cc1nc(Cl)cc(N2CC3(CNC3)C2)n1. The maximum absolute atomic E-state index is 5.90. The predicted octanol–water partition coefficient (Wildman–Crippen LogP) is 0.848. The molecule has 0 atom stereocenters. The Balaban J connectivity index is 1.77. The smallest absolute Gasteiger partial charge is 0.134 e. The molecule has 0 unspecified atom stereocenters. The minimum absolute atomic E-state index is 0.519. The lowest BCUT2D eigenvalue weighted by atomic mass is 9.74. The van der Waals surface area contributed by atoms with Crippen LogP contribution in [0.2, 0.25) is 5.15 Å². The van der Waals surface area contributed by atoms with Crippen molar-refractivity contribution in [1.29, 1.82) is 0 Å². The van der Waals surface area contributed by atoms with Crippen LogP contribution < -0.4 is 10.2 Å². The summed E-state index contributed by atoms with van der Waals surface area (Å²) in [6.45, 7) is 6.33. The third-order valence-electron chi connectivity index (χ3n) is 3.17. The van der Waals surface area contributed by atoms with E-state index in [1.807, 2.05) is 13.0 Å². The van der Waals surface area contributed by atoms with Gasteiger partial charge in [0.1, 0.15) is 16.8 Å². The van der Waals surface area contributed by atoms with Gasteiger partial charge in [0.2, 0.25) is 0 Å². The van der Waals surface area contributed by atoms with Crippen LogP contribution in [0.1, 0.15) is 5.82 Å². The highest BCUT2D eigenvalue weighted by Gasteiger charge is 2.47. The van der Waals surface area contributed by atoms with Crippen molar-refractivity contribution in [3.63, 3.8) is 0 Å². The summed E-state index contributed by atoms with van der Waals surface area (Å²) in [5, 5.41) is 3.85. The first-order valence-corrected chi connectivity index (χ1v) is 5.52. The zero-order valence-corrected chi connectivity index (χ0v) is 9.38. The normalized spacial score (nSPS) is 22.4. The summed E-state index contributed by atoms with van der Waals surface area (Å²) in [5.41, 5.74) is 0.519. The maximum Gasteiger partial charge on any atom is 0.134 e. The fraction of sp³-hybridized carbons (Fsp3) is 0.600. The number of hydrogen-bond donors (Lipinski definition) is 1. The van der Waals surface area contributed by atoms with E-state index in [4.69, 9.17) is 11.6 Å². The lowest BCUT2D eigenvalue weighted by molar-refractivity contribution is 0.120. The number of aryl methyl sites for hydroxylation is 1. The van der Waals surface area contributed by atoms with E-state index in [9.17, 15) is 0 Å². The Hall–Kier alpha value is -0.870. The van der Waals surface area contributed by atoms with Crippen LogP contribution in [-0.4, -0.2) is 36.1 Å². The summed E-state index contributed by atoms with van der Waals surface area (Å²) in [4.78, 5) is 10.7. The van der Waals surface area contributed by atoms with Gasteiger partial charge in [-0.15, -0.1) is 0 Å². The monoisotopic (exact) mass is 224 g/mol. The molecule has 1 aromatic rings. The van der Waals surface area contributed by atoms with Gasteiger partial charge in [-0.1, -0.05) is 11.6 Å². The minimum Gasteiger partial charge on any atom is -0.355 e. The van der Waals surface area contributed by atoms with E-state index in [0.717, 1.165) is 37.8 Å². The van der Waals surface area contributed by atoms with Gasteiger partial charge in [-0.3, -0.25) is 0 Å². The zero-order chi connectivity index (χ0) is 10.5. The third kappa shape index (κ3) is 1.48. The number of nitrogens with one attached hydrogen (secondary N) is 1. The number of halogens is 1. The highest BCUT2D eigenvalue weighted by Crippen LogP contribution is 2.36. The summed E-state index contributed by atoms with van der Waals surface area (Å²) < 4.78 is 0. The quantitative estimate of drug-likeness (QED) is 0.719. The Morgan fingerprint density at radius 2 is 2.13 bits per heavy atom. The molecule has 0 saturated carbocycles. The first-order valence-electron chi connectivity index (χ1n) is 5.14. The summed E-state index contributed by atoms with van der Waals surface area (Å²) in [5.74, 6) is 1.70. The second-order valence-electron chi connectivity index (χ2n) is 4.56. The fourth-order valence-electron chi connectivity index (χ4n) is 2.31. The number of hydrogen-bond acceptors (Lipinski definition) is 4. The molecule has 3 rings (SSSR count). The number of nitrogens with zero attached hydrogens (tertiary/aromatic N) is 3. The Labute approximate surface area is 93.7 Å². The van der Waals surface area contributed by atoms with Crippen LogP contribution in [0.5, 0.6) is 0 Å². The number of anilines is 1. The van der Waals surface area contributed by atoms with Crippen molar-refractivity contribution in [2.24, 2.45) is 5.41 Å². The molecule has 0 amide bonds. The molecule has 15 heavy (non-hydrogen) atoms. The van der Waals surface area contributed by atoms with Crippen molar-refractivity contribution in [2.75, 3.05) is 31.1 Å². The average molecular weight is 225 g/mol. The van der Waals surface area contributed by atoms with Gasteiger partial charge >= 0.3 is 0 Å². The first kappa shape index (κ1) is 9.36. The molecular formula is C10H13ClN4. The molecule has 0 bridgehead atoms. The lowest BCUT2D eigenvalue weighted by Gasteiger charge is -2.56. The molecular weight excluding hydrogens is 212 g/mol. The summed E-state index contributed by atoms with van der Waals surface area (Å²) in [7, 11) is 0. The highest BCUT2D eigenvalue weighted by atomic mass is 35.5. The molecule has 0 aromatic carbocycles. The molecule has 0 aliphatic carbocycles. The van der Waals surface area contributed by atoms with Crippen molar-refractivity contribution in [2.45, 2.75) is 6.92 Å². The molecule has 2 aliphatic heterocycles. The van der Waals surface area contributed by atoms with Crippen molar-refractivity contribution < 1.29 is 0 Å². The van der Waals surface area contributed by atoms with Gasteiger partial charge in [0.15, 0.2) is 0 Å².